The molecule has 21 heavy (non-hydrogen) atoms. The number of hydrogen-bond donors (Lipinski definition) is 0. The Morgan fingerprint density at radius 1 is 1.14 bits per heavy atom. The van der Waals surface area contributed by atoms with Gasteiger partial charge in [-0.1, -0.05) is 37.6 Å². The quantitative estimate of drug-likeness (QED) is 0.603. The minimum atomic E-state index is -0.270. The summed E-state index contributed by atoms with van der Waals surface area (Å²) in [5.41, 5.74) is 1.88. The van der Waals surface area contributed by atoms with Gasteiger partial charge in [0.05, 0.1) is 4.88 Å². The Hall–Kier alpha value is -2.00. The highest BCUT2D eigenvalue weighted by Gasteiger charge is 2.13. The highest BCUT2D eigenvalue weighted by atomic mass is 32.1. The van der Waals surface area contributed by atoms with Crippen molar-refractivity contribution in [1.82, 2.24) is 0 Å². The third kappa shape index (κ3) is 2.88. The van der Waals surface area contributed by atoms with E-state index in [0.717, 1.165) is 22.9 Å². The van der Waals surface area contributed by atoms with E-state index < -0.39 is 0 Å². The molecular weight excluding hydrogens is 283 g/mol. The molecular formula is C18H15FOS. The molecule has 3 heteroatoms. The lowest BCUT2D eigenvalue weighted by atomic mass is 10.0. The van der Waals surface area contributed by atoms with E-state index in [1.807, 2.05) is 30.3 Å². The van der Waals surface area contributed by atoms with Crippen molar-refractivity contribution in [2.45, 2.75) is 19.8 Å². The number of ketones is 1. The maximum absolute atomic E-state index is 13.2. The molecule has 3 rings (SSSR count). The topological polar surface area (TPSA) is 17.1 Å². The van der Waals surface area contributed by atoms with Crippen LogP contribution in [0.25, 0.3) is 10.1 Å². The van der Waals surface area contributed by atoms with E-state index in [9.17, 15) is 9.18 Å². The number of carbonyl (C=O) groups is 1. The monoisotopic (exact) mass is 298 g/mol. The Morgan fingerprint density at radius 3 is 2.81 bits per heavy atom. The van der Waals surface area contributed by atoms with Gasteiger partial charge in [0.25, 0.3) is 0 Å². The Labute approximate surface area is 127 Å². The van der Waals surface area contributed by atoms with E-state index in [0.29, 0.717) is 10.4 Å². The molecule has 1 aromatic heterocycles. The zero-order valence-electron chi connectivity index (χ0n) is 11.7. The van der Waals surface area contributed by atoms with Gasteiger partial charge in [0.1, 0.15) is 5.82 Å². The summed E-state index contributed by atoms with van der Waals surface area (Å²) in [5.74, 6) is -0.261. The third-order valence-corrected chi connectivity index (χ3v) is 4.53. The van der Waals surface area contributed by atoms with Gasteiger partial charge in [-0.3, -0.25) is 4.79 Å². The molecule has 2 aromatic carbocycles. The van der Waals surface area contributed by atoms with Crippen LogP contribution in [0.4, 0.5) is 4.39 Å². The fourth-order valence-electron chi connectivity index (χ4n) is 2.42. The molecule has 0 aliphatic carbocycles. The Balaban J connectivity index is 1.97. The molecule has 0 bridgehead atoms. The number of fused-ring (bicyclic) bond motifs is 1. The van der Waals surface area contributed by atoms with E-state index in [4.69, 9.17) is 0 Å². The van der Waals surface area contributed by atoms with Gasteiger partial charge >= 0.3 is 0 Å². The summed E-state index contributed by atoms with van der Waals surface area (Å²) in [5, 5.41) is 0.912. The first-order valence-corrected chi connectivity index (χ1v) is 7.82. The summed E-state index contributed by atoms with van der Waals surface area (Å²) in [6.07, 6.45) is 2.03. The van der Waals surface area contributed by atoms with E-state index >= 15 is 0 Å². The van der Waals surface area contributed by atoms with Crippen LogP contribution < -0.4 is 0 Å². The smallest absolute Gasteiger partial charge is 0.202 e. The molecule has 1 heterocycles. The summed E-state index contributed by atoms with van der Waals surface area (Å²) in [6.45, 7) is 2.12. The molecule has 0 saturated carbocycles. The molecule has 0 atom stereocenters. The molecule has 0 unspecified atom stereocenters. The maximum atomic E-state index is 13.2. The molecule has 106 valence electrons. The largest absolute Gasteiger partial charge is 0.288 e. The van der Waals surface area contributed by atoms with Crippen LogP contribution in [-0.2, 0) is 6.42 Å². The van der Waals surface area contributed by atoms with Crippen molar-refractivity contribution in [2.24, 2.45) is 0 Å². The summed E-state index contributed by atoms with van der Waals surface area (Å²) >= 11 is 1.34. The van der Waals surface area contributed by atoms with Crippen LogP contribution in [0.5, 0.6) is 0 Å². The molecule has 0 amide bonds. The van der Waals surface area contributed by atoms with Crippen molar-refractivity contribution in [1.29, 1.82) is 0 Å². The van der Waals surface area contributed by atoms with Gasteiger partial charge in [0.2, 0.25) is 5.78 Å². The number of aryl methyl sites for hydroxylation is 1. The Morgan fingerprint density at radius 2 is 2.00 bits per heavy atom. The maximum Gasteiger partial charge on any atom is 0.202 e. The van der Waals surface area contributed by atoms with Crippen LogP contribution in [0.1, 0.15) is 34.1 Å². The van der Waals surface area contributed by atoms with Crippen molar-refractivity contribution >= 4 is 27.2 Å². The Bertz CT molecular complexity index is 804. The van der Waals surface area contributed by atoms with Gasteiger partial charge in [-0.05, 0) is 41.6 Å². The summed E-state index contributed by atoms with van der Waals surface area (Å²) < 4.78 is 14.0. The zero-order valence-corrected chi connectivity index (χ0v) is 12.5. The first-order chi connectivity index (χ1) is 10.2. The SMILES string of the molecule is CCCc1cccc(C(=O)c2cc3ccc(F)cc3s2)c1. The van der Waals surface area contributed by atoms with Crippen LogP contribution >= 0.6 is 11.3 Å². The molecule has 1 nitrogen and oxygen atoms in total. The van der Waals surface area contributed by atoms with Crippen LogP contribution in [0.15, 0.2) is 48.5 Å². The fraction of sp³-hybridized carbons (Fsp3) is 0.167. The van der Waals surface area contributed by atoms with Crippen LogP contribution in [-0.4, -0.2) is 5.78 Å². The lowest BCUT2D eigenvalue weighted by molar-refractivity contribution is 0.104. The number of benzene rings is 2. The second-order valence-electron chi connectivity index (χ2n) is 5.07. The predicted octanol–water partition coefficient (Wildman–Crippen LogP) is 5.22. The first-order valence-electron chi connectivity index (χ1n) is 7.00. The van der Waals surface area contributed by atoms with Crippen molar-refractivity contribution in [2.75, 3.05) is 0 Å². The summed E-state index contributed by atoms with van der Waals surface area (Å²) in [4.78, 5) is 13.2. The van der Waals surface area contributed by atoms with Crippen molar-refractivity contribution in [3.05, 3.63) is 70.4 Å². The number of carbonyl (C=O) groups excluding carboxylic acids is 1. The number of thiophene rings is 1. The summed E-state index contributed by atoms with van der Waals surface area (Å²) in [7, 11) is 0. The van der Waals surface area contributed by atoms with E-state index in [1.54, 1.807) is 6.07 Å². The molecule has 0 radical (unpaired) electrons. The molecule has 0 aliphatic heterocycles. The molecule has 0 aliphatic rings. The average molecular weight is 298 g/mol. The Kier molecular flexibility index (Phi) is 3.84. The number of hydrogen-bond acceptors (Lipinski definition) is 2. The van der Waals surface area contributed by atoms with Gasteiger partial charge in [-0.25, -0.2) is 4.39 Å². The van der Waals surface area contributed by atoms with Gasteiger partial charge in [0, 0.05) is 10.3 Å². The molecule has 3 aromatic rings. The molecule has 0 saturated heterocycles. The van der Waals surface area contributed by atoms with Gasteiger partial charge < -0.3 is 0 Å². The van der Waals surface area contributed by atoms with Crippen LogP contribution in [0.3, 0.4) is 0 Å². The van der Waals surface area contributed by atoms with Gasteiger partial charge in [0.15, 0.2) is 0 Å². The predicted molar refractivity (Wildman–Crippen MR) is 85.7 cm³/mol. The van der Waals surface area contributed by atoms with Crippen molar-refractivity contribution < 1.29 is 9.18 Å². The molecule has 0 N–H and O–H groups in total. The standard InChI is InChI=1S/C18H15FOS/c1-2-4-12-5-3-6-14(9-12)18(20)17-10-13-7-8-15(19)11-16(13)21-17/h3,5-11H,2,4H2,1H3. The van der Waals surface area contributed by atoms with E-state index in [-0.39, 0.29) is 11.6 Å². The number of halogens is 1. The highest BCUT2D eigenvalue weighted by Crippen LogP contribution is 2.28. The second-order valence-corrected chi connectivity index (χ2v) is 6.16. The average Bonchev–Trinajstić information content (AvgIpc) is 2.90. The molecule has 0 fully saturated rings. The first kappa shape index (κ1) is 14.0. The lowest BCUT2D eigenvalue weighted by Crippen LogP contribution is -1.99. The van der Waals surface area contributed by atoms with Crippen molar-refractivity contribution in [3.8, 4) is 0 Å². The number of rotatable bonds is 4. The zero-order chi connectivity index (χ0) is 14.8. The summed E-state index contributed by atoms with van der Waals surface area (Å²) in [6, 6.07) is 14.2. The minimum Gasteiger partial charge on any atom is -0.288 e. The van der Waals surface area contributed by atoms with E-state index in [1.165, 1.54) is 29.0 Å². The normalized spacial score (nSPS) is 11.0. The fourth-order valence-corrected chi connectivity index (χ4v) is 3.47. The minimum absolute atomic E-state index is 0.00885. The van der Waals surface area contributed by atoms with E-state index in [2.05, 4.69) is 6.92 Å². The highest BCUT2D eigenvalue weighted by molar-refractivity contribution is 7.21. The molecule has 0 spiro atoms. The lowest BCUT2D eigenvalue weighted by Gasteiger charge is -2.02. The van der Waals surface area contributed by atoms with Gasteiger partial charge in [-0.2, -0.15) is 0 Å². The van der Waals surface area contributed by atoms with Gasteiger partial charge in [-0.15, -0.1) is 11.3 Å². The van der Waals surface area contributed by atoms with Crippen molar-refractivity contribution in [3.63, 3.8) is 0 Å². The second kappa shape index (κ2) is 5.78. The van der Waals surface area contributed by atoms with Crippen LogP contribution in [0, 0.1) is 5.82 Å². The third-order valence-electron chi connectivity index (χ3n) is 3.43. The van der Waals surface area contributed by atoms with Crippen LogP contribution in [0.2, 0.25) is 0 Å².